The number of nitrogens with one attached hydrogen (secondary N) is 2. The van der Waals surface area contributed by atoms with Crippen LogP contribution in [0.25, 0.3) is 0 Å². The third-order valence-corrected chi connectivity index (χ3v) is 5.04. The Morgan fingerprint density at radius 2 is 1.93 bits per heavy atom. The lowest BCUT2D eigenvalue weighted by Gasteiger charge is -2.36. The largest absolute Gasteiger partial charge is 0.366 e. The smallest absolute Gasteiger partial charge is 0.248 e. The van der Waals surface area contributed by atoms with Gasteiger partial charge in [-0.1, -0.05) is 29.8 Å². The van der Waals surface area contributed by atoms with Gasteiger partial charge in [0, 0.05) is 54.9 Å². The minimum atomic E-state index is -0.489. The zero-order valence-electron chi connectivity index (χ0n) is 15.0. The molecule has 0 saturated carbocycles. The van der Waals surface area contributed by atoms with Crippen molar-refractivity contribution in [3.63, 3.8) is 0 Å². The number of carbonyl (C=O) groups excluding carboxylic acids is 2. The van der Waals surface area contributed by atoms with E-state index in [1.54, 1.807) is 24.3 Å². The molecule has 1 unspecified atom stereocenters. The van der Waals surface area contributed by atoms with Crippen molar-refractivity contribution in [1.29, 1.82) is 0 Å². The third kappa shape index (κ3) is 5.07. The Balaban J connectivity index is 1.58. The lowest BCUT2D eigenvalue weighted by atomic mass is 10.0. The molecular weight excluding hydrogens is 364 g/mol. The molecule has 0 aliphatic carbocycles. The number of hydrogen-bond donors (Lipinski definition) is 3. The third-order valence-electron chi connectivity index (χ3n) is 4.70. The molecule has 6 nitrogen and oxygen atoms in total. The first-order chi connectivity index (χ1) is 13.0. The lowest BCUT2D eigenvalue weighted by molar-refractivity contribution is -0.116. The quantitative estimate of drug-likeness (QED) is 0.711. The van der Waals surface area contributed by atoms with Gasteiger partial charge in [-0.3, -0.25) is 14.5 Å². The normalized spacial score (nSPS) is 17.4. The number of rotatable bonds is 6. The van der Waals surface area contributed by atoms with Gasteiger partial charge in [-0.15, -0.1) is 0 Å². The van der Waals surface area contributed by atoms with E-state index < -0.39 is 5.91 Å². The highest BCUT2D eigenvalue weighted by molar-refractivity contribution is 6.31. The first-order valence-corrected chi connectivity index (χ1v) is 9.31. The maximum absolute atomic E-state index is 12.3. The monoisotopic (exact) mass is 386 g/mol. The van der Waals surface area contributed by atoms with Gasteiger partial charge in [-0.05, 0) is 35.9 Å². The molecule has 4 N–H and O–H groups in total. The Kier molecular flexibility index (Phi) is 6.45. The van der Waals surface area contributed by atoms with Crippen LogP contribution in [0.1, 0.15) is 28.4 Å². The summed E-state index contributed by atoms with van der Waals surface area (Å²) in [5.74, 6) is -0.560. The maximum atomic E-state index is 12.3. The zero-order chi connectivity index (χ0) is 19.2. The average molecular weight is 387 g/mol. The van der Waals surface area contributed by atoms with E-state index >= 15 is 0 Å². The van der Waals surface area contributed by atoms with Crippen LogP contribution in [0.4, 0.5) is 5.69 Å². The number of nitrogens with two attached hydrogens (primary N) is 1. The zero-order valence-corrected chi connectivity index (χ0v) is 15.7. The fraction of sp³-hybridized carbons (Fsp3) is 0.300. The van der Waals surface area contributed by atoms with Crippen LogP contribution in [0.2, 0.25) is 5.02 Å². The van der Waals surface area contributed by atoms with Crippen LogP contribution in [-0.2, 0) is 4.79 Å². The van der Waals surface area contributed by atoms with Gasteiger partial charge in [0.1, 0.15) is 0 Å². The molecule has 0 bridgehead atoms. The summed E-state index contributed by atoms with van der Waals surface area (Å²) in [6.45, 7) is 3.19. The number of amides is 2. The van der Waals surface area contributed by atoms with Crippen molar-refractivity contribution < 1.29 is 9.59 Å². The summed E-state index contributed by atoms with van der Waals surface area (Å²) in [6, 6.07) is 14.5. The molecular formula is C20H23ClN4O2. The van der Waals surface area contributed by atoms with E-state index in [0.717, 1.165) is 30.2 Å². The molecule has 1 saturated heterocycles. The molecule has 2 amide bonds. The summed E-state index contributed by atoms with van der Waals surface area (Å²) in [4.78, 5) is 25.7. The lowest BCUT2D eigenvalue weighted by Crippen LogP contribution is -2.46. The summed E-state index contributed by atoms with van der Waals surface area (Å²) < 4.78 is 0. The van der Waals surface area contributed by atoms with Gasteiger partial charge in [0.25, 0.3) is 0 Å². The number of benzene rings is 2. The molecule has 1 aliphatic heterocycles. The standard InChI is InChI=1S/C20H23ClN4O2/c21-17-4-2-1-3-16(17)18-13-23-10-12-25(18)11-9-19(26)24-15-7-5-14(6-8-15)20(22)27/h1-8,18,23H,9-13H2,(H2,22,27)(H,24,26). The second-order valence-corrected chi connectivity index (χ2v) is 6.92. The van der Waals surface area contributed by atoms with Crippen molar-refractivity contribution in [2.45, 2.75) is 12.5 Å². The van der Waals surface area contributed by atoms with Gasteiger partial charge in [-0.25, -0.2) is 0 Å². The van der Waals surface area contributed by atoms with Gasteiger partial charge in [-0.2, -0.15) is 0 Å². The Morgan fingerprint density at radius 3 is 2.63 bits per heavy atom. The van der Waals surface area contributed by atoms with Crippen molar-refractivity contribution in [3.05, 3.63) is 64.7 Å². The Bertz CT molecular complexity index is 810. The highest BCUT2D eigenvalue weighted by atomic mass is 35.5. The summed E-state index contributed by atoms with van der Waals surface area (Å²) in [5.41, 5.74) is 7.36. The maximum Gasteiger partial charge on any atom is 0.248 e. The van der Waals surface area contributed by atoms with Crippen molar-refractivity contribution >= 4 is 29.1 Å². The Labute approximate surface area is 163 Å². The fourth-order valence-electron chi connectivity index (χ4n) is 3.25. The molecule has 0 aromatic heterocycles. The minimum absolute atomic E-state index is 0.0710. The average Bonchev–Trinajstić information content (AvgIpc) is 2.67. The van der Waals surface area contributed by atoms with E-state index in [1.807, 2.05) is 24.3 Å². The van der Waals surface area contributed by atoms with E-state index in [0.29, 0.717) is 24.2 Å². The minimum Gasteiger partial charge on any atom is -0.366 e. The predicted octanol–water partition coefficient (Wildman–Crippen LogP) is 2.41. The highest BCUT2D eigenvalue weighted by Gasteiger charge is 2.25. The molecule has 2 aromatic rings. The molecule has 1 aliphatic rings. The van der Waals surface area contributed by atoms with E-state index in [4.69, 9.17) is 17.3 Å². The number of primary amides is 1. The molecule has 142 valence electrons. The first kappa shape index (κ1) is 19.4. The summed E-state index contributed by atoms with van der Waals surface area (Å²) in [5, 5.41) is 6.99. The van der Waals surface area contributed by atoms with Crippen molar-refractivity contribution in [1.82, 2.24) is 10.2 Å². The number of nitrogens with zero attached hydrogens (tertiary/aromatic N) is 1. The van der Waals surface area contributed by atoms with Gasteiger partial charge < -0.3 is 16.4 Å². The van der Waals surface area contributed by atoms with Gasteiger partial charge in [0.05, 0.1) is 0 Å². The molecule has 7 heteroatoms. The van der Waals surface area contributed by atoms with Crippen LogP contribution in [0, 0.1) is 0 Å². The highest BCUT2D eigenvalue weighted by Crippen LogP contribution is 2.28. The predicted molar refractivity (Wildman–Crippen MR) is 107 cm³/mol. The van der Waals surface area contributed by atoms with Gasteiger partial charge in [0.15, 0.2) is 0 Å². The van der Waals surface area contributed by atoms with Crippen LogP contribution >= 0.6 is 11.6 Å². The van der Waals surface area contributed by atoms with Crippen molar-refractivity contribution in [2.75, 3.05) is 31.5 Å². The summed E-state index contributed by atoms with van der Waals surface area (Å²) in [7, 11) is 0. The molecule has 27 heavy (non-hydrogen) atoms. The number of carbonyl (C=O) groups is 2. The molecule has 2 aromatic carbocycles. The topological polar surface area (TPSA) is 87.5 Å². The summed E-state index contributed by atoms with van der Waals surface area (Å²) in [6.07, 6.45) is 0.374. The number of anilines is 1. The van der Waals surface area contributed by atoms with E-state index in [-0.39, 0.29) is 11.9 Å². The van der Waals surface area contributed by atoms with Crippen LogP contribution in [-0.4, -0.2) is 42.9 Å². The van der Waals surface area contributed by atoms with Gasteiger partial charge >= 0.3 is 0 Å². The molecule has 1 fully saturated rings. The van der Waals surface area contributed by atoms with Crippen molar-refractivity contribution in [3.8, 4) is 0 Å². The van der Waals surface area contributed by atoms with Crippen LogP contribution in [0.15, 0.2) is 48.5 Å². The number of piperazine rings is 1. The molecule has 1 heterocycles. The molecule has 0 spiro atoms. The molecule has 0 radical (unpaired) electrons. The molecule has 1 atom stereocenters. The van der Waals surface area contributed by atoms with Crippen molar-refractivity contribution in [2.24, 2.45) is 5.73 Å². The Morgan fingerprint density at radius 1 is 1.19 bits per heavy atom. The fourth-order valence-corrected chi connectivity index (χ4v) is 3.51. The van der Waals surface area contributed by atoms with Crippen LogP contribution < -0.4 is 16.4 Å². The van der Waals surface area contributed by atoms with Crippen LogP contribution in [0.3, 0.4) is 0 Å². The Hall–Kier alpha value is -2.41. The molecule has 3 rings (SSSR count). The second kappa shape index (κ2) is 8.99. The number of halogens is 1. The van der Waals surface area contributed by atoms with Gasteiger partial charge in [0.2, 0.25) is 11.8 Å². The van der Waals surface area contributed by atoms with E-state index in [9.17, 15) is 9.59 Å². The SMILES string of the molecule is NC(=O)c1ccc(NC(=O)CCN2CCNCC2c2ccccc2Cl)cc1. The van der Waals surface area contributed by atoms with Crippen LogP contribution in [0.5, 0.6) is 0 Å². The summed E-state index contributed by atoms with van der Waals surface area (Å²) >= 11 is 6.36. The second-order valence-electron chi connectivity index (χ2n) is 6.52. The number of hydrogen-bond acceptors (Lipinski definition) is 4. The van der Waals surface area contributed by atoms with E-state index in [2.05, 4.69) is 15.5 Å². The van der Waals surface area contributed by atoms with E-state index in [1.165, 1.54) is 0 Å². The first-order valence-electron chi connectivity index (χ1n) is 8.93.